The van der Waals surface area contributed by atoms with Gasteiger partial charge in [0.25, 0.3) is 0 Å². The molecule has 0 saturated carbocycles. The summed E-state index contributed by atoms with van der Waals surface area (Å²) >= 11 is 0. The summed E-state index contributed by atoms with van der Waals surface area (Å²) in [6, 6.07) is 8.18. The average molecular weight is 389 g/mol. The molecule has 2 fully saturated rings. The van der Waals surface area contributed by atoms with E-state index in [2.05, 4.69) is 17.0 Å². The second-order valence-electron chi connectivity index (χ2n) is 8.27. The summed E-state index contributed by atoms with van der Waals surface area (Å²) < 4.78 is 5.29. The van der Waals surface area contributed by atoms with Crippen molar-refractivity contribution >= 4 is 11.9 Å². The van der Waals surface area contributed by atoms with Gasteiger partial charge in [-0.25, -0.2) is 4.79 Å². The number of carbonyl (C=O) groups is 2. The molecule has 28 heavy (non-hydrogen) atoms. The minimum absolute atomic E-state index is 0.0559. The standard InChI is InChI=1S/C21H32N4O3/c1-22(2)19(26)10-11-24-12-16-13-25(21(27)23(3)4)20(18(16)14-24)15-6-8-17(28-5)9-7-15/h6-9,16,18,20H,10-14H2,1-5H3/t16-,18-,20+/m1/s1. The van der Waals surface area contributed by atoms with E-state index in [0.717, 1.165) is 37.5 Å². The van der Waals surface area contributed by atoms with E-state index in [1.54, 1.807) is 45.1 Å². The molecule has 3 atom stereocenters. The van der Waals surface area contributed by atoms with Crippen LogP contribution in [0.2, 0.25) is 0 Å². The molecule has 154 valence electrons. The van der Waals surface area contributed by atoms with Crippen LogP contribution in [0.3, 0.4) is 0 Å². The lowest BCUT2D eigenvalue weighted by molar-refractivity contribution is -0.129. The zero-order valence-electron chi connectivity index (χ0n) is 17.6. The molecule has 2 saturated heterocycles. The lowest BCUT2D eigenvalue weighted by Crippen LogP contribution is -2.41. The van der Waals surface area contributed by atoms with Crippen LogP contribution in [0.15, 0.2) is 24.3 Å². The van der Waals surface area contributed by atoms with E-state index in [1.165, 1.54) is 0 Å². The Morgan fingerprint density at radius 2 is 1.71 bits per heavy atom. The number of urea groups is 1. The van der Waals surface area contributed by atoms with Gasteiger partial charge in [0.1, 0.15) is 5.75 Å². The number of hydrogen-bond acceptors (Lipinski definition) is 4. The van der Waals surface area contributed by atoms with Gasteiger partial charge in [-0.3, -0.25) is 4.79 Å². The number of ether oxygens (including phenoxy) is 1. The van der Waals surface area contributed by atoms with Gasteiger partial charge in [0, 0.05) is 66.7 Å². The highest BCUT2D eigenvalue weighted by Gasteiger charge is 2.49. The van der Waals surface area contributed by atoms with Crippen LogP contribution in [0.1, 0.15) is 18.0 Å². The average Bonchev–Trinajstić information content (AvgIpc) is 3.22. The van der Waals surface area contributed by atoms with Crippen molar-refractivity contribution in [1.29, 1.82) is 0 Å². The minimum Gasteiger partial charge on any atom is -0.497 e. The van der Waals surface area contributed by atoms with Gasteiger partial charge in [-0.15, -0.1) is 0 Å². The molecule has 0 spiro atoms. The lowest BCUT2D eigenvalue weighted by atomic mass is 9.89. The molecule has 1 aromatic carbocycles. The maximum Gasteiger partial charge on any atom is 0.320 e. The van der Waals surface area contributed by atoms with E-state index in [-0.39, 0.29) is 18.0 Å². The van der Waals surface area contributed by atoms with Gasteiger partial charge in [-0.05, 0) is 23.6 Å². The van der Waals surface area contributed by atoms with Crippen LogP contribution in [0, 0.1) is 11.8 Å². The zero-order valence-corrected chi connectivity index (χ0v) is 17.6. The summed E-state index contributed by atoms with van der Waals surface area (Å²) in [6.07, 6.45) is 0.542. The van der Waals surface area contributed by atoms with Crippen LogP contribution < -0.4 is 4.74 Å². The molecule has 0 N–H and O–H groups in total. The molecule has 0 unspecified atom stereocenters. The van der Waals surface area contributed by atoms with Crippen LogP contribution in [0.5, 0.6) is 5.75 Å². The summed E-state index contributed by atoms with van der Waals surface area (Å²) in [6.45, 7) is 3.39. The lowest BCUT2D eigenvalue weighted by Gasteiger charge is -2.32. The Hall–Kier alpha value is -2.28. The van der Waals surface area contributed by atoms with Gasteiger partial charge in [0.2, 0.25) is 5.91 Å². The van der Waals surface area contributed by atoms with Crippen molar-refractivity contribution in [2.75, 3.05) is 61.5 Å². The predicted octanol–water partition coefficient (Wildman–Crippen LogP) is 1.76. The number of rotatable bonds is 5. The number of hydrogen-bond donors (Lipinski definition) is 0. The number of likely N-dealkylation sites (tertiary alicyclic amines) is 2. The van der Waals surface area contributed by atoms with Gasteiger partial charge in [0.05, 0.1) is 13.2 Å². The molecule has 0 bridgehead atoms. The fourth-order valence-electron chi connectivity index (χ4n) is 4.48. The molecule has 2 heterocycles. The normalized spacial score (nSPS) is 24.2. The van der Waals surface area contributed by atoms with Crippen molar-refractivity contribution in [2.45, 2.75) is 12.5 Å². The molecule has 0 radical (unpaired) electrons. The smallest absolute Gasteiger partial charge is 0.320 e. The number of carbonyl (C=O) groups excluding carboxylic acids is 2. The Bertz CT molecular complexity index is 704. The fraction of sp³-hybridized carbons (Fsp3) is 0.619. The Morgan fingerprint density at radius 3 is 2.29 bits per heavy atom. The number of methoxy groups -OCH3 is 1. The first kappa shape index (κ1) is 20.5. The van der Waals surface area contributed by atoms with E-state index in [0.29, 0.717) is 18.3 Å². The van der Waals surface area contributed by atoms with Crippen LogP contribution in [-0.4, -0.2) is 93.0 Å². The molecule has 0 aliphatic carbocycles. The third kappa shape index (κ3) is 4.09. The highest BCUT2D eigenvalue weighted by Crippen LogP contribution is 2.45. The first-order valence-electron chi connectivity index (χ1n) is 9.86. The molecule has 2 aliphatic rings. The maximum absolute atomic E-state index is 12.8. The third-order valence-corrected chi connectivity index (χ3v) is 5.97. The molecule has 3 rings (SSSR count). The Labute approximate surface area is 167 Å². The summed E-state index contributed by atoms with van der Waals surface area (Å²) in [5.74, 6) is 1.80. The van der Waals surface area contributed by atoms with Gasteiger partial charge >= 0.3 is 6.03 Å². The largest absolute Gasteiger partial charge is 0.497 e. The van der Waals surface area contributed by atoms with Crippen LogP contribution in [0.25, 0.3) is 0 Å². The molecule has 3 amide bonds. The topological polar surface area (TPSA) is 56.3 Å². The van der Waals surface area contributed by atoms with Crippen LogP contribution >= 0.6 is 0 Å². The van der Waals surface area contributed by atoms with Crippen LogP contribution in [-0.2, 0) is 4.79 Å². The molecule has 1 aromatic rings. The summed E-state index contributed by atoms with van der Waals surface area (Å²) in [5, 5.41) is 0. The number of nitrogens with zero attached hydrogens (tertiary/aromatic N) is 4. The van der Waals surface area contributed by atoms with Crippen molar-refractivity contribution in [2.24, 2.45) is 11.8 Å². The second kappa shape index (κ2) is 8.39. The van der Waals surface area contributed by atoms with Crippen molar-refractivity contribution in [3.8, 4) is 5.75 Å². The summed E-state index contributed by atoms with van der Waals surface area (Å²) in [5.41, 5.74) is 1.15. The highest BCUT2D eigenvalue weighted by molar-refractivity contribution is 5.76. The van der Waals surface area contributed by atoms with Crippen molar-refractivity contribution in [3.63, 3.8) is 0 Å². The van der Waals surface area contributed by atoms with Crippen molar-refractivity contribution in [3.05, 3.63) is 29.8 Å². The molecular weight excluding hydrogens is 356 g/mol. The molecule has 0 aromatic heterocycles. The Morgan fingerprint density at radius 1 is 1.04 bits per heavy atom. The van der Waals surface area contributed by atoms with Crippen molar-refractivity contribution < 1.29 is 14.3 Å². The van der Waals surface area contributed by atoms with Gasteiger partial charge in [0.15, 0.2) is 0 Å². The SMILES string of the molecule is COc1ccc([C@H]2[C@@H]3CN(CCC(=O)N(C)C)C[C@@H]3CN2C(=O)N(C)C)cc1. The first-order valence-corrected chi connectivity index (χ1v) is 9.86. The van der Waals surface area contributed by atoms with Crippen molar-refractivity contribution in [1.82, 2.24) is 19.6 Å². The van der Waals surface area contributed by atoms with Gasteiger partial charge in [-0.2, -0.15) is 0 Å². The maximum atomic E-state index is 12.8. The Balaban J connectivity index is 1.76. The third-order valence-electron chi connectivity index (χ3n) is 5.97. The minimum atomic E-state index is 0.0559. The summed E-state index contributed by atoms with van der Waals surface area (Å²) in [7, 11) is 8.87. The molecule has 7 heteroatoms. The monoisotopic (exact) mass is 388 g/mol. The van der Waals surface area contributed by atoms with E-state index >= 15 is 0 Å². The van der Waals surface area contributed by atoms with Gasteiger partial charge in [-0.1, -0.05) is 12.1 Å². The van der Waals surface area contributed by atoms with Crippen LogP contribution in [0.4, 0.5) is 4.79 Å². The quantitative estimate of drug-likeness (QED) is 0.771. The number of fused-ring (bicyclic) bond motifs is 1. The summed E-state index contributed by atoms with van der Waals surface area (Å²) in [4.78, 5) is 32.5. The van der Waals surface area contributed by atoms with E-state index in [9.17, 15) is 9.59 Å². The van der Waals surface area contributed by atoms with Gasteiger partial charge < -0.3 is 24.3 Å². The molecule has 7 nitrogen and oxygen atoms in total. The Kier molecular flexibility index (Phi) is 6.13. The highest BCUT2D eigenvalue weighted by atomic mass is 16.5. The number of benzene rings is 1. The fourth-order valence-corrected chi connectivity index (χ4v) is 4.48. The number of amides is 3. The predicted molar refractivity (Wildman–Crippen MR) is 108 cm³/mol. The van der Waals surface area contributed by atoms with E-state index in [4.69, 9.17) is 4.74 Å². The zero-order chi connectivity index (χ0) is 20.4. The molecule has 2 aliphatic heterocycles. The molecular formula is C21H32N4O3. The second-order valence-corrected chi connectivity index (χ2v) is 8.27. The van der Waals surface area contributed by atoms with E-state index in [1.807, 2.05) is 17.0 Å². The first-order chi connectivity index (χ1) is 13.3. The van der Waals surface area contributed by atoms with E-state index < -0.39 is 0 Å².